The van der Waals surface area contributed by atoms with E-state index in [1.165, 1.54) is 21.1 Å². The summed E-state index contributed by atoms with van der Waals surface area (Å²) in [6.45, 7) is 4.19. The number of benzene rings is 2. The Bertz CT molecular complexity index is 1290. The average Bonchev–Trinajstić information content (AvgIpc) is 2.97. The zero-order valence-corrected chi connectivity index (χ0v) is 24.9. The first-order valence-corrected chi connectivity index (χ1v) is 13.9. The molecule has 0 spiro atoms. The molecular formula is C31H38N2O10. The lowest BCUT2D eigenvalue weighted by atomic mass is 9.59. The van der Waals surface area contributed by atoms with Crippen molar-refractivity contribution in [1.29, 1.82) is 0 Å². The third-order valence-electron chi connectivity index (χ3n) is 7.83. The average molecular weight is 599 g/mol. The molecule has 0 unspecified atom stereocenters. The van der Waals surface area contributed by atoms with Gasteiger partial charge in [0, 0.05) is 47.0 Å². The number of nitrogens with one attached hydrogen (secondary N) is 2. The van der Waals surface area contributed by atoms with Crippen molar-refractivity contribution in [2.75, 3.05) is 14.2 Å². The topological polar surface area (TPSA) is 148 Å². The minimum absolute atomic E-state index is 0.0151. The summed E-state index contributed by atoms with van der Waals surface area (Å²) in [5, 5.41) is 5.75. The molecule has 0 radical (unpaired) electrons. The van der Waals surface area contributed by atoms with E-state index < -0.39 is 65.6 Å². The Hall–Kier alpha value is -4.00. The number of rotatable bonds is 11. The standard InChI is InChI=1S/C31H38N2O10/c1-19(34)41-26-27(36)42-24-25(40-18-22-14-10-7-11-15-22)31(26,33-29(37)32-17-21-12-8-6-9-13-21)23(28(38-4)39-5)16-30(24,3)43-20(2)35/h6-15,23-26,28H,16-18H2,1-5H3,(H2,32,33,37)/t23-,24+,25+,26-,30+,31-/m1/s1. The molecule has 232 valence electrons. The van der Waals surface area contributed by atoms with Crippen LogP contribution in [0.2, 0.25) is 0 Å². The number of urea groups is 1. The van der Waals surface area contributed by atoms with E-state index in [4.69, 9.17) is 28.4 Å². The molecule has 2 N–H and O–H groups in total. The molecule has 2 fully saturated rings. The van der Waals surface area contributed by atoms with Gasteiger partial charge in [-0.15, -0.1) is 0 Å². The molecule has 2 bridgehead atoms. The molecule has 12 nitrogen and oxygen atoms in total. The van der Waals surface area contributed by atoms with Crippen molar-refractivity contribution >= 4 is 23.9 Å². The fourth-order valence-electron chi connectivity index (χ4n) is 6.14. The monoisotopic (exact) mass is 598 g/mol. The van der Waals surface area contributed by atoms with E-state index in [1.54, 1.807) is 6.92 Å². The minimum atomic E-state index is -1.79. The molecule has 1 saturated heterocycles. The number of methoxy groups -OCH3 is 2. The number of hydrogen-bond donors (Lipinski definition) is 2. The summed E-state index contributed by atoms with van der Waals surface area (Å²) < 4.78 is 35.1. The second-order valence-corrected chi connectivity index (χ2v) is 10.8. The van der Waals surface area contributed by atoms with Gasteiger partial charge >= 0.3 is 23.9 Å². The highest BCUT2D eigenvalue weighted by molar-refractivity contribution is 5.85. The second-order valence-electron chi connectivity index (χ2n) is 10.8. The molecule has 12 heteroatoms. The highest BCUT2D eigenvalue weighted by atomic mass is 16.7. The fourth-order valence-corrected chi connectivity index (χ4v) is 6.14. The number of ether oxygens (including phenoxy) is 6. The molecule has 2 aromatic carbocycles. The van der Waals surface area contributed by atoms with Crippen molar-refractivity contribution in [1.82, 2.24) is 10.6 Å². The predicted molar refractivity (Wildman–Crippen MR) is 151 cm³/mol. The molecule has 1 heterocycles. The summed E-state index contributed by atoms with van der Waals surface area (Å²) in [7, 11) is 2.79. The van der Waals surface area contributed by atoms with Crippen LogP contribution >= 0.6 is 0 Å². The van der Waals surface area contributed by atoms with Crippen LogP contribution in [-0.4, -0.2) is 73.9 Å². The number of amides is 2. The fraction of sp³-hybridized carbons (Fsp3) is 0.484. The lowest BCUT2D eigenvalue weighted by Crippen LogP contribution is -2.84. The van der Waals surface area contributed by atoms with Gasteiger partial charge in [-0.05, 0) is 18.1 Å². The lowest BCUT2D eigenvalue weighted by Gasteiger charge is -2.61. The Morgan fingerprint density at radius 2 is 1.56 bits per heavy atom. The maximum absolute atomic E-state index is 13.7. The lowest BCUT2D eigenvalue weighted by molar-refractivity contribution is -0.298. The van der Waals surface area contributed by atoms with Gasteiger partial charge in [-0.2, -0.15) is 0 Å². The zero-order chi connectivity index (χ0) is 31.2. The smallest absolute Gasteiger partial charge is 0.350 e. The predicted octanol–water partition coefficient (Wildman–Crippen LogP) is 2.63. The van der Waals surface area contributed by atoms with Gasteiger partial charge in [0.05, 0.1) is 6.61 Å². The van der Waals surface area contributed by atoms with Gasteiger partial charge in [-0.1, -0.05) is 60.7 Å². The first-order valence-electron chi connectivity index (χ1n) is 13.9. The molecule has 4 rings (SSSR count). The highest BCUT2D eigenvalue weighted by Gasteiger charge is 2.73. The van der Waals surface area contributed by atoms with Crippen LogP contribution in [0.15, 0.2) is 60.7 Å². The van der Waals surface area contributed by atoms with Crippen LogP contribution < -0.4 is 10.6 Å². The summed E-state index contributed by atoms with van der Waals surface area (Å²) in [5.41, 5.74) is -1.61. The van der Waals surface area contributed by atoms with Crippen LogP contribution in [-0.2, 0) is 56.0 Å². The van der Waals surface area contributed by atoms with Crippen LogP contribution in [0.5, 0.6) is 0 Å². The second kappa shape index (κ2) is 13.5. The SMILES string of the molecule is COC(OC)[C@H]1C[C@](C)(OC(C)=O)[C@H]2OC(=O)[C@@H](OC(C)=O)[C@]1(NC(=O)NCc1ccccc1)[C@H]2OCc1ccccc1. The van der Waals surface area contributed by atoms with Crippen molar-refractivity contribution in [2.45, 2.75) is 76.1 Å². The molecule has 1 saturated carbocycles. The minimum Gasteiger partial charge on any atom is -0.455 e. The molecule has 43 heavy (non-hydrogen) atoms. The summed E-state index contributed by atoms with van der Waals surface area (Å²) in [6.07, 6.45) is -5.16. The summed E-state index contributed by atoms with van der Waals surface area (Å²) in [4.78, 5) is 52.1. The van der Waals surface area contributed by atoms with E-state index in [0.717, 1.165) is 18.1 Å². The molecule has 2 aliphatic rings. The molecule has 0 aromatic heterocycles. The molecule has 2 aromatic rings. The molecule has 6 atom stereocenters. The number of hydrogen-bond acceptors (Lipinski definition) is 10. The number of fused-ring (bicyclic) bond motifs is 2. The molecule has 1 aliphatic carbocycles. The van der Waals surface area contributed by atoms with Gasteiger partial charge in [-0.25, -0.2) is 9.59 Å². The summed E-state index contributed by atoms with van der Waals surface area (Å²) >= 11 is 0. The van der Waals surface area contributed by atoms with Gasteiger partial charge in [0.2, 0.25) is 6.10 Å². The Labute approximate surface area is 250 Å². The zero-order valence-electron chi connectivity index (χ0n) is 24.9. The largest absolute Gasteiger partial charge is 0.455 e. The van der Waals surface area contributed by atoms with Gasteiger partial charge in [0.15, 0.2) is 12.4 Å². The van der Waals surface area contributed by atoms with Crippen molar-refractivity contribution < 1.29 is 47.6 Å². The first-order chi connectivity index (χ1) is 20.5. The van der Waals surface area contributed by atoms with Crippen LogP contribution in [0.4, 0.5) is 4.79 Å². The van der Waals surface area contributed by atoms with Gasteiger partial charge < -0.3 is 39.1 Å². The van der Waals surface area contributed by atoms with Gasteiger partial charge in [-0.3, -0.25) is 9.59 Å². The highest BCUT2D eigenvalue weighted by Crippen LogP contribution is 2.52. The Morgan fingerprint density at radius 1 is 0.953 bits per heavy atom. The third-order valence-corrected chi connectivity index (χ3v) is 7.83. The van der Waals surface area contributed by atoms with E-state index in [0.29, 0.717) is 0 Å². The molecule has 2 amide bonds. The van der Waals surface area contributed by atoms with E-state index in [2.05, 4.69) is 10.6 Å². The van der Waals surface area contributed by atoms with Crippen LogP contribution in [0.25, 0.3) is 0 Å². The van der Waals surface area contributed by atoms with E-state index in [1.807, 2.05) is 60.7 Å². The van der Waals surface area contributed by atoms with E-state index in [9.17, 15) is 19.2 Å². The normalized spacial score (nSPS) is 28.0. The van der Waals surface area contributed by atoms with Crippen LogP contribution in [0.1, 0.15) is 38.3 Å². The van der Waals surface area contributed by atoms with Gasteiger partial charge in [0.25, 0.3) is 0 Å². The van der Waals surface area contributed by atoms with Crippen molar-refractivity contribution in [3.05, 3.63) is 71.8 Å². The van der Waals surface area contributed by atoms with Gasteiger partial charge in [0.1, 0.15) is 17.2 Å². The Morgan fingerprint density at radius 3 is 2.12 bits per heavy atom. The number of carbonyl (C=O) groups is 4. The van der Waals surface area contributed by atoms with Crippen LogP contribution in [0.3, 0.4) is 0 Å². The van der Waals surface area contributed by atoms with Crippen molar-refractivity contribution in [2.24, 2.45) is 5.92 Å². The maximum atomic E-state index is 13.7. The first kappa shape index (κ1) is 31.9. The molecule has 1 aliphatic heterocycles. The summed E-state index contributed by atoms with van der Waals surface area (Å²) in [6, 6.07) is 17.8. The molecular weight excluding hydrogens is 560 g/mol. The van der Waals surface area contributed by atoms with E-state index in [-0.39, 0.29) is 19.6 Å². The van der Waals surface area contributed by atoms with E-state index >= 15 is 0 Å². The van der Waals surface area contributed by atoms with Crippen molar-refractivity contribution in [3.63, 3.8) is 0 Å². The maximum Gasteiger partial charge on any atom is 0.350 e. The third kappa shape index (κ3) is 6.82. The summed E-state index contributed by atoms with van der Waals surface area (Å²) in [5.74, 6) is -3.30. The Balaban J connectivity index is 1.86. The number of esters is 3. The Kier molecular flexibility index (Phi) is 10.0. The van der Waals surface area contributed by atoms with Crippen molar-refractivity contribution in [3.8, 4) is 0 Å². The van der Waals surface area contributed by atoms with Crippen LogP contribution in [0, 0.1) is 5.92 Å². The quantitative estimate of drug-likeness (QED) is 0.225. The number of carbonyl (C=O) groups excluding carboxylic acids is 4.